The van der Waals surface area contributed by atoms with Crippen molar-refractivity contribution >= 4 is 6.03 Å². The fraction of sp³-hybridized carbons (Fsp3) is 0.333. The van der Waals surface area contributed by atoms with E-state index in [-0.39, 0.29) is 12.1 Å². The number of nitrogens with zero attached hydrogens (tertiary/aromatic N) is 2. The van der Waals surface area contributed by atoms with Crippen molar-refractivity contribution in [2.45, 2.75) is 12.5 Å². The fourth-order valence-electron chi connectivity index (χ4n) is 2.24. The van der Waals surface area contributed by atoms with E-state index < -0.39 is 0 Å². The molecule has 0 aromatic heterocycles. The van der Waals surface area contributed by atoms with Crippen LogP contribution in [0.3, 0.4) is 0 Å². The third-order valence-electron chi connectivity index (χ3n) is 3.14. The van der Waals surface area contributed by atoms with Gasteiger partial charge in [0.15, 0.2) is 6.19 Å². The van der Waals surface area contributed by atoms with Crippen molar-refractivity contribution in [2.75, 3.05) is 13.2 Å². The highest BCUT2D eigenvalue weighted by Gasteiger charge is 2.30. The average molecular weight is 229 g/mol. The molecule has 0 radical (unpaired) electrons. The number of benzene rings is 1. The Morgan fingerprint density at radius 1 is 1.53 bits per heavy atom. The number of nitriles is 1. The summed E-state index contributed by atoms with van der Waals surface area (Å²) in [5.74, 6) is 0.926. The molecule has 17 heavy (non-hydrogen) atoms. The zero-order chi connectivity index (χ0) is 11.8. The van der Waals surface area contributed by atoms with Gasteiger partial charge in [-0.2, -0.15) is 5.26 Å². The van der Waals surface area contributed by atoms with Gasteiger partial charge in [-0.3, -0.25) is 0 Å². The molecule has 0 spiro atoms. The molecule has 5 nitrogen and oxygen atoms in total. The first-order chi connectivity index (χ1) is 8.28. The summed E-state index contributed by atoms with van der Waals surface area (Å²) >= 11 is 0. The average Bonchev–Trinajstić information content (AvgIpc) is 2.93. The Bertz CT molecular complexity index is 521. The minimum atomic E-state index is -0.325. The van der Waals surface area contributed by atoms with Crippen LogP contribution in [0.5, 0.6) is 5.75 Å². The van der Waals surface area contributed by atoms with Gasteiger partial charge in [-0.15, -0.1) is 0 Å². The number of carbonyl (C=O) groups excluding carboxylic acids is 1. The summed E-state index contributed by atoms with van der Waals surface area (Å²) < 4.78 is 5.43. The molecule has 1 unspecified atom stereocenters. The highest BCUT2D eigenvalue weighted by Crippen LogP contribution is 2.29. The number of amides is 2. The molecule has 2 aliphatic heterocycles. The summed E-state index contributed by atoms with van der Waals surface area (Å²) in [6.45, 7) is 1.12. The molecule has 0 bridgehead atoms. The Morgan fingerprint density at radius 3 is 3.18 bits per heavy atom. The normalized spacial score (nSPS) is 21.7. The summed E-state index contributed by atoms with van der Waals surface area (Å²) in [6, 6.07) is 5.49. The lowest BCUT2D eigenvalue weighted by molar-refractivity contribution is 0.232. The van der Waals surface area contributed by atoms with Gasteiger partial charge in [-0.25, -0.2) is 9.69 Å². The zero-order valence-corrected chi connectivity index (χ0v) is 9.14. The van der Waals surface area contributed by atoms with E-state index in [0.717, 1.165) is 29.2 Å². The first-order valence-electron chi connectivity index (χ1n) is 5.51. The second kappa shape index (κ2) is 3.67. The minimum absolute atomic E-state index is 0.104. The summed E-state index contributed by atoms with van der Waals surface area (Å²) in [5, 5.41) is 11.5. The van der Waals surface area contributed by atoms with Crippen LogP contribution in [0.25, 0.3) is 0 Å². The molecule has 3 rings (SSSR count). The second-order valence-electron chi connectivity index (χ2n) is 4.18. The number of nitrogens with one attached hydrogen (secondary N) is 1. The molecule has 86 valence electrons. The molecule has 0 aliphatic carbocycles. The number of ether oxygens (including phenoxy) is 1. The number of hydrogen-bond acceptors (Lipinski definition) is 3. The van der Waals surface area contributed by atoms with Gasteiger partial charge in [-0.05, 0) is 23.3 Å². The van der Waals surface area contributed by atoms with Crippen LogP contribution in [0.1, 0.15) is 17.2 Å². The predicted octanol–water partition coefficient (Wildman–Crippen LogP) is 1.17. The summed E-state index contributed by atoms with van der Waals surface area (Å²) in [6.07, 6.45) is 2.77. The molecule has 2 aliphatic rings. The maximum absolute atomic E-state index is 11.4. The maximum atomic E-state index is 11.4. The van der Waals surface area contributed by atoms with Gasteiger partial charge in [0.1, 0.15) is 5.75 Å². The Balaban J connectivity index is 1.87. The van der Waals surface area contributed by atoms with E-state index in [1.807, 2.05) is 24.4 Å². The third-order valence-corrected chi connectivity index (χ3v) is 3.14. The molecular formula is C12H11N3O2. The van der Waals surface area contributed by atoms with Gasteiger partial charge in [0, 0.05) is 6.42 Å². The van der Waals surface area contributed by atoms with Crippen LogP contribution in [0.15, 0.2) is 18.2 Å². The van der Waals surface area contributed by atoms with E-state index in [2.05, 4.69) is 5.32 Å². The molecule has 5 heteroatoms. The van der Waals surface area contributed by atoms with Crippen LogP contribution < -0.4 is 10.1 Å². The lowest BCUT2D eigenvalue weighted by Gasteiger charge is -2.10. The highest BCUT2D eigenvalue weighted by atomic mass is 16.5. The van der Waals surface area contributed by atoms with E-state index >= 15 is 0 Å². The van der Waals surface area contributed by atoms with Crippen LogP contribution in [0.2, 0.25) is 0 Å². The number of fused-ring (bicyclic) bond motifs is 1. The Labute approximate surface area is 98.6 Å². The Hall–Kier alpha value is -2.22. The second-order valence-corrected chi connectivity index (χ2v) is 4.18. The monoisotopic (exact) mass is 229 g/mol. The Kier molecular flexibility index (Phi) is 2.15. The van der Waals surface area contributed by atoms with Gasteiger partial charge in [0.05, 0.1) is 19.2 Å². The van der Waals surface area contributed by atoms with E-state index in [1.54, 1.807) is 0 Å². The van der Waals surface area contributed by atoms with Gasteiger partial charge in [0.2, 0.25) is 0 Å². The lowest BCUT2D eigenvalue weighted by atomic mass is 10.0. The van der Waals surface area contributed by atoms with Crippen molar-refractivity contribution in [3.8, 4) is 11.9 Å². The quantitative estimate of drug-likeness (QED) is 0.735. The predicted molar refractivity (Wildman–Crippen MR) is 59.2 cm³/mol. The van der Waals surface area contributed by atoms with Crippen molar-refractivity contribution in [3.05, 3.63) is 29.3 Å². The number of urea groups is 1. The van der Waals surface area contributed by atoms with Crippen molar-refractivity contribution in [3.63, 3.8) is 0 Å². The zero-order valence-electron chi connectivity index (χ0n) is 9.14. The van der Waals surface area contributed by atoms with E-state index in [0.29, 0.717) is 6.54 Å². The minimum Gasteiger partial charge on any atom is -0.493 e. The van der Waals surface area contributed by atoms with Crippen LogP contribution in [0.4, 0.5) is 4.79 Å². The van der Waals surface area contributed by atoms with Gasteiger partial charge in [-0.1, -0.05) is 6.07 Å². The smallest absolute Gasteiger partial charge is 0.331 e. The first kappa shape index (κ1) is 9.97. The third kappa shape index (κ3) is 1.58. The molecule has 1 aromatic rings. The summed E-state index contributed by atoms with van der Waals surface area (Å²) in [4.78, 5) is 12.5. The van der Waals surface area contributed by atoms with Gasteiger partial charge < -0.3 is 10.1 Å². The van der Waals surface area contributed by atoms with Crippen molar-refractivity contribution < 1.29 is 9.53 Å². The maximum Gasteiger partial charge on any atom is 0.331 e. The molecule has 1 aromatic carbocycles. The number of hydrogen-bond donors (Lipinski definition) is 1. The first-order valence-corrected chi connectivity index (χ1v) is 5.51. The van der Waals surface area contributed by atoms with Gasteiger partial charge >= 0.3 is 6.03 Å². The standard InChI is InChI=1S/C12H11N3O2/c13-7-15-6-10(14-12(15)16)8-1-2-11-9(5-8)3-4-17-11/h1-2,5,10H,3-4,6H2,(H,14,16). The van der Waals surface area contributed by atoms with Crippen LogP contribution in [-0.2, 0) is 6.42 Å². The van der Waals surface area contributed by atoms with Crippen LogP contribution in [0, 0.1) is 11.5 Å². The number of rotatable bonds is 1. The SMILES string of the molecule is N#CN1CC(c2ccc3c(c2)CCO3)NC1=O. The topological polar surface area (TPSA) is 65.4 Å². The molecule has 2 amide bonds. The fourth-order valence-corrected chi connectivity index (χ4v) is 2.24. The highest BCUT2D eigenvalue weighted by molar-refractivity contribution is 5.78. The largest absolute Gasteiger partial charge is 0.493 e. The number of carbonyl (C=O) groups is 1. The molecular weight excluding hydrogens is 218 g/mol. The van der Waals surface area contributed by atoms with Crippen LogP contribution in [-0.4, -0.2) is 24.1 Å². The van der Waals surface area contributed by atoms with E-state index in [1.165, 1.54) is 5.56 Å². The van der Waals surface area contributed by atoms with E-state index in [4.69, 9.17) is 10.00 Å². The summed E-state index contributed by atoms with van der Waals surface area (Å²) in [7, 11) is 0. The molecule has 1 saturated heterocycles. The Morgan fingerprint density at radius 2 is 2.41 bits per heavy atom. The van der Waals surface area contributed by atoms with Crippen molar-refractivity contribution in [1.82, 2.24) is 10.2 Å². The van der Waals surface area contributed by atoms with Crippen LogP contribution >= 0.6 is 0 Å². The molecule has 1 fully saturated rings. The summed E-state index contributed by atoms with van der Waals surface area (Å²) in [5.41, 5.74) is 2.20. The molecule has 1 N–H and O–H groups in total. The van der Waals surface area contributed by atoms with Crippen molar-refractivity contribution in [2.24, 2.45) is 0 Å². The molecule has 0 saturated carbocycles. The molecule has 2 heterocycles. The van der Waals surface area contributed by atoms with E-state index in [9.17, 15) is 4.79 Å². The lowest BCUT2D eigenvalue weighted by Crippen LogP contribution is -2.23. The molecule has 1 atom stereocenters. The van der Waals surface area contributed by atoms with Crippen molar-refractivity contribution in [1.29, 1.82) is 5.26 Å². The van der Waals surface area contributed by atoms with Gasteiger partial charge in [0.25, 0.3) is 0 Å².